The molecule has 6 heteroatoms. The van der Waals surface area contributed by atoms with E-state index in [1.54, 1.807) is 13.8 Å². The number of halogens is 2. The third-order valence-corrected chi connectivity index (χ3v) is 2.99. The van der Waals surface area contributed by atoms with Gasteiger partial charge in [0, 0.05) is 16.6 Å². The van der Waals surface area contributed by atoms with Gasteiger partial charge in [0.2, 0.25) is 5.91 Å². The molecule has 0 radical (unpaired) electrons. The van der Waals surface area contributed by atoms with Crippen LogP contribution >= 0.6 is 11.6 Å². The molecule has 0 fully saturated rings. The minimum atomic E-state index is -1.11. The van der Waals surface area contributed by atoms with E-state index < -0.39 is 24.2 Å². The summed E-state index contributed by atoms with van der Waals surface area (Å²) in [5.41, 5.74) is 0.0882. The van der Waals surface area contributed by atoms with Crippen LogP contribution in [0, 0.1) is 5.82 Å². The second kappa shape index (κ2) is 6.52. The van der Waals surface area contributed by atoms with Crippen molar-refractivity contribution in [3.05, 3.63) is 34.6 Å². The standard InChI is InChI=1S/C13H15ClFNO3/c1-8(2)16(7-13(18)19)12(17)6-9-10(14)4-3-5-11(9)15/h3-5,8H,6-7H2,1-2H3,(H,18,19). The predicted octanol–water partition coefficient (Wildman–Crippen LogP) is 2.34. The van der Waals surface area contributed by atoms with Crippen LogP contribution in [0.25, 0.3) is 0 Å². The van der Waals surface area contributed by atoms with Crippen LogP contribution in [-0.4, -0.2) is 34.5 Å². The van der Waals surface area contributed by atoms with Crippen molar-refractivity contribution in [2.45, 2.75) is 26.3 Å². The van der Waals surface area contributed by atoms with E-state index >= 15 is 0 Å². The number of aliphatic carboxylic acids is 1. The molecule has 104 valence electrons. The fourth-order valence-electron chi connectivity index (χ4n) is 1.66. The van der Waals surface area contributed by atoms with E-state index in [0.29, 0.717) is 0 Å². The summed E-state index contributed by atoms with van der Waals surface area (Å²) in [6.07, 6.45) is -0.253. The average molecular weight is 288 g/mol. The van der Waals surface area contributed by atoms with Crippen LogP contribution in [0.15, 0.2) is 18.2 Å². The first kappa shape index (κ1) is 15.4. The Kier molecular flexibility index (Phi) is 5.30. The Hall–Kier alpha value is -1.62. The lowest BCUT2D eigenvalue weighted by atomic mass is 10.1. The van der Waals surface area contributed by atoms with E-state index in [1.165, 1.54) is 23.1 Å². The maximum Gasteiger partial charge on any atom is 0.323 e. The summed E-state index contributed by atoms with van der Waals surface area (Å²) in [6, 6.07) is 3.87. The molecule has 1 rings (SSSR count). The van der Waals surface area contributed by atoms with Gasteiger partial charge in [0.25, 0.3) is 0 Å². The topological polar surface area (TPSA) is 57.6 Å². The maximum atomic E-state index is 13.6. The Morgan fingerprint density at radius 2 is 2.05 bits per heavy atom. The molecule has 0 atom stereocenters. The number of carbonyl (C=O) groups excluding carboxylic acids is 1. The Morgan fingerprint density at radius 1 is 1.42 bits per heavy atom. The van der Waals surface area contributed by atoms with E-state index in [2.05, 4.69) is 0 Å². The van der Waals surface area contributed by atoms with Crippen molar-refractivity contribution in [2.24, 2.45) is 0 Å². The number of rotatable bonds is 5. The largest absolute Gasteiger partial charge is 0.480 e. The van der Waals surface area contributed by atoms with Crippen LogP contribution in [0.3, 0.4) is 0 Å². The Labute approximate surface area is 115 Å². The molecule has 0 spiro atoms. The van der Waals surface area contributed by atoms with Crippen molar-refractivity contribution in [3.63, 3.8) is 0 Å². The van der Waals surface area contributed by atoms with Gasteiger partial charge >= 0.3 is 5.97 Å². The number of amides is 1. The lowest BCUT2D eigenvalue weighted by Crippen LogP contribution is -2.41. The van der Waals surface area contributed by atoms with Gasteiger partial charge < -0.3 is 10.0 Å². The Bertz CT molecular complexity index is 471. The predicted molar refractivity (Wildman–Crippen MR) is 69.6 cm³/mol. The molecule has 19 heavy (non-hydrogen) atoms. The molecule has 1 N–H and O–H groups in total. The molecule has 0 bridgehead atoms. The van der Waals surface area contributed by atoms with E-state index in [4.69, 9.17) is 16.7 Å². The first-order valence-corrected chi connectivity index (χ1v) is 6.15. The van der Waals surface area contributed by atoms with Crippen molar-refractivity contribution in [3.8, 4) is 0 Å². The summed E-state index contributed by atoms with van der Waals surface area (Å²) < 4.78 is 13.6. The highest BCUT2D eigenvalue weighted by Gasteiger charge is 2.22. The maximum absolute atomic E-state index is 13.6. The van der Waals surface area contributed by atoms with Gasteiger partial charge in [-0.2, -0.15) is 0 Å². The second-order valence-electron chi connectivity index (χ2n) is 4.39. The van der Waals surface area contributed by atoms with Crippen molar-refractivity contribution >= 4 is 23.5 Å². The number of hydrogen-bond donors (Lipinski definition) is 1. The molecule has 0 aliphatic carbocycles. The Morgan fingerprint density at radius 3 is 2.53 bits per heavy atom. The van der Waals surface area contributed by atoms with E-state index in [0.717, 1.165) is 0 Å². The summed E-state index contributed by atoms with van der Waals surface area (Å²) in [5.74, 6) is -2.15. The highest BCUT2D eigenvalue weighted by molar-refractivity contribution is 6.31. The van der Waals surface area contributed by atoms with E-state index in [9.17, 15) is 14.0 Å². The average Bonchev–Trinajstić information content (AvgIpc) is 2.30. The number of hydrogen-bond acceptors (Lipinski definition) is 2. The van der Waals surface area contributed by atoms with E-state index in [1.807, 2.05) is 0 Å². The van der Waals surface area contributed by atoms with Crippen LogP contribution in [0.4, 0.5) is 4.39 Å². The zero-order valence-electron chi connectivity index (χ0n) is 10.7. The minimum absolute atomic E-state index is 0.0882. The third-order valence-electron chi connectivity index (χ3n) is 2.64. The highest BCUT2D eigenvalue weighted by atomic mass is 35.5. The zero-order chi connectivity index (χ0) is 14.6. The lowest BCUT2D eigenvalue weighted by molar-refractivity contribution is -0.145. The van der Waals surface area contributed by atoms with E-state index in [-0.39, 0.29) is 23.0 Å². The molecular formula is C13H15ClFNO3. The zero-order valence-corrected chi connectivity index (χ0v) is 11.4. The van der Waals surface area contributed by atoms with Crippen LogP contribution in [0.5, 0.6) is 0 Å². The van der Waals surface area contributed by atoms with Crippen molar-refractivity contribution in [1.82, 2.24) is 4.90 Å². The summed E-state index contributed by atoms with van der Waals surface area (Å²) >= 11 is 5.84. The van der Waals surface area contributed by atoms with Crippen LogP contribution in [-0.2, 0) is 16.0 Å². The number of carbonyl (C=O) groups is 2. The van der Waals surface area contributed by atoms with Crippen LogP contribution in [0.2, 0.25) is 5.02 Å². The van der Waals surface area contributed by atoms with Crippen molar-refractivity contribution < 1.29 is 19.1 Å². The van der Waals surface area contributed by atoms with Gasteiger partial charge in [-0.05, 0) is 26.0 Å². The molecule has 0 aliphatic rings. The summed E-state index contributed by atoms with van der Waals surface area (Å²) in [5, 5.41) is 8.92. The number of nitrogens with zero attached hydrogens (tertiary/aromatic N) is 1. The van der Waals surface area contributed by atoms with Gasteiger partial charge in [-0.25, -0.2) is 4.39 Å². The fourth-order valence-corrected chi connectivity index (χ4v) is 1.89. The molecule has 0 unspecified atom stereocenters. The number of carboxylic acid groups (broad SMARTS) is 1. The quantitative estimate of drug-likeness (QED) is 0.904. The van der Waals surface area contributed by atoms with Gasteiger partial charge in [0.15, 0.2) is 0 Å². The van der Waals surface area contributed by atoms with Gasteiger partial charge in [0.05, 0.1) is 6.42 Å². The molecule has 1 amide bonds. The normalized spacial score (nSPS) is 10.6. The smallest absolute Gasteiger partial charge is 0.323 e. The molecule has 0 saturated carbocycles. The molecular weight excluding hydrogens is 273 g/mol. The lowest BCUT2D eigenvalue weighted by Gasteiger charge is -2.25. The first-order chi connectivity index (χ1) is 8.82. The van der Waals surface area contributed by atoms with Crippen LogP contribution in [0.1, 0.15) is 19.4 Å². The summed E-state index contributed by atoms with van der Waals surface area (Å²) in [7, 11) is 0. The van der Waals surface area contributed by atoms with Gasteiger partial charge in [0.1, 0.15) is 12.4 Å². The molecule has 4 nitrogen and oxygen atoms in total. The van der Waals surface area contributed by atoms with Gasteiger partial charge in [-0.1, -0.05) is 17.7 Å². The number of carboxylic acids is 1. The third kappa shape index (κ3) is 4.21. The van der Waals surface area contributed by atoms with Crippen LogP contribution < -0.4 is 0 Å². The second-order valence-corrected chi connectivity index (χ2v) is 4.79. The highest BCUT2D eigenvalue weighted by Crippen LogP contribution is 2.20. The van der Waals surface area contributed by atoms with Gasteiger partial charge in [-0.3, -0.25) is 9.59 Å². The summed E-state index contributed by atoms with van der Waals surface area (Å²) in [6.45, 7) is 2.98. The Balaban J connectivity index is 2.90. The molecule has 1 aromatic carbocycles. The van der Waals surface area contributed by atoms with Crippen molar-refractivity contribution in [1.29, 1.82) is 0 Å². The fraction of sp³-hybridized carbons (Fsp3) is 0.385. The van der Waals surface area contributed by atoms with Crippen molar-refractivity contribution in [2.75, 3.05) is 6.54 Å². The summed E-state index contributed by atoms with van der Waals surface area (Å²) in [4.78, 5) is 23.9. The molecule has 1 aromatic rings. The molecule has 0 heterocycles. The SMILES string of the molecule is CC(C)N(CC(=O)O)C(=O)Cc1c(F)cccc1Cl. The number of benzene rings is 1. The minimum Gasteiger partial charge on any atom is -0.480 e. The molecule has 0 aliphatic heterocycles. The van der Waals surface area contributed by atoms with Gasteiger partial charge in [-0.15, -0.1) is 0 Å². The first-order valence-electron chi connectivity index (χ1n) is 5.77. The molecule has 0 aromatic heterocycles. The monoisotopic (exact) mass is 287 g/mol. The molecule has 0 saturated heterocycles.